The van der Waals surface area contributed by atoms with Crippen LogP contribution in [0.1, 0.15) is 24.5 Å². The molecule has 3 rings (SSSR count). The smallest absolute Gasteiger partial charge is 0.278 e. The quantitative estimate of drug-likeness (QED) is 0.447. The van der Waals surface area contributed by atoms with E-state index in [0.29, 0.717) is 22.7 Å². The first-order valence-corrected chi connectivity index (χ1v) is 9.09. The number of halogens is 1. The molecule has 0 spiro atoms. The summed E-state index contributed by atoms with van der Waals surface area (Å²) in [5, 5.41) is 14.4. The van der Waals surface area contributed by atoms with Crippen molar-refractivity contribution in [2.45, 2.75) is 20.3 Å². The Morgan fingerprint density at radius 3 is 2.39 bits per heavy atom. The van der Waals surface area contributed by atoms with E-state index >= 15 is 0 Å². The van der Waals surface area contributed by atoms with Crippen molar-refractivity contribution in [1.29, 1.82) is 0 Å². The fourth-order valence-electron chi connectivity index (χ4n) is 3.00. The number of imide groups is 1. The molecule has 0 saturated heterocycles. The number of carbonyl (C=O) groups excluding carboxylic acids is 2. The number of nitrogens with zero attached hydrogens (tertiary/aromatic N) is 2. The summed E-state index contributed by atoms with van der Waals surface area (Å²) < 4.78 is 0. The summed E-state index contributed by atoms with van der Waals surface area (Å²) in [6, 6.07) is 10.8. The zero-order valence-corrected chi connectivity index (χ0v) is 16.1. The van der Waals surface area contributed by atoms with Gasteiger partial charge in [-0.25, -0.2) is 0 Å². The van der Waals surface area contributed by atoms with Crippen molar-refractivity contribution in [2.24, 2.45) is 0 Å². The number of hydrogen-bond acceptors (Lipinski definition) is 5. The van der Waals surface area contributed by atoms with E-state index in [9.17, 15) is 19.7 Å². The normalized spacial score (nSPS) is 14.0. The molecule has 2 amide bonds. The third-order valence-electron chi connectivity index (χ3n) is 4.44. The zero-order valence-electron chi connectivity index (χ0n) is 15.4. The monoisotopic (exact) mass is 399 g/mol. The van der Waals surface area contributed by atoms with Gasteiger partial charge in [-0.3, -0.25) is 24.6 Å². The second kappa shape index (κ2) is 7.82. The molecule has 0 unspecified atom stereocenters. The van der Waals surface area contributed by atoms with Crippen LogP contribution in [0.15, 0.2) is 48.2 Å². The summed E-state index contributed by atoms with van der Waals surface area (Å²) in [6.45, 7) is 4.02. The lowest BCUT2D eigenvalue weighted by atomic mass is 10.0. The molecule has 8 heteroatoms. The van der Waals surface area contributed by atoms with Crippen molar-refractivity contribution >= 4 is 40.4 Å². The van der Waals surface area contributed by atoms with Crippen molar-refractivity contribution in [1.82, 2.24) is 4.90 Å². The molecule has 1 heterocycles. The predicted octanol–water partition coefficient (Wildman–Crippen LogP) is 4.16. The van der Waals surface area contributed by atoms with E-state index < -0.39 is 16.7 Å². The summed E-state index contributed by atoms with van der Waals surface area (Å²) >= 11 is 6.06. The van der Waals surface area contributed by atoms with Gasteiger partial charge in [-0.2, -0.15) is 0 Å². The SMILES string of the molecule is CCCN1C(=O)C(Nc2cc(Cl)ccc2C)=C(c2ccc([N+](=O)[O-])cc2)C1=O. The van der Waals surface area contributed by atoms with E-state index in [1.807, 2.05) is 19.9 Å². The molecular formula is C20H18ClN3O4. The maximum Gasteiger partial charge on any atom is 0.278 e. The highest BCUT2D eigenvalue weighted by atomic mass is 35.5. The molecule has 0 aromatic heterocycles. The van der Waals surface area contributed by atoms with Crippen LogP contribution < -0.4 is 5.32 Å². The molecule has 0 atom stereocenters. The standard InChI is InChI=1S/C20H18ClN3O4/c1-3-10-23-19(25)17(13-5-8-15(9-6-13)24(27)28)18(20(23)26)22-16-11-14(21)7-4-12(16)2/h4-9,11,22H,3,10H2,1-2H3. The minimum atomic E-state index is -0.516. The number of nitro groups is 1. The molecule has 7 nitrogen and oxygen atoms in total. The summed E-state index contributed by atoms with van der Waals surface area (Å²) in [4.78, 5) is 37.4. The molecule has 2 aromatic carbocycles. The lowest BCUT2D eigenvalue weighted by molar-refractivity contribution is -0.384. The number of carbonyl (C=O) groups is 2. The molecular weight excluding hydrogens is 382 g/mol. The minimum Gasteiger partial charge on any atom is -0.350 e. The maximum absolute atomic E-state index is 12.9. The van der Waals surface area contributed by atoms with Gasteiger partial charge in [0.05, 0.1) is 10.5 Å². The number of nitro benzene ring substituents is 1. The molecule has 1 aliphatic rings. The Hall–Kier alpha value is -3.19. The number of hydrogen-bond donors (Lipinski definition) is 1. The van der Waals surface area contributed by atoms with E-state index in [4.69, 9.17) is 11.6 Å². The molecule has 0 saturated carbocycles. The number of aryl methyl sites for hydroxylation is 1. The Kier molecular flexibility index (Phi) is 5.46. The average molecular weight is 400 g/mol. The van der Waals surface area contributed by atoms with Crippen LogP contribution >= 0.6 is 11.6 Å². The maximum atomic E-state index is 12.9. The number of benzene rings is 2. The van der Waals surface area contributed by atoms with Gasteiger partial charge in [-0.05, 0) is 48.7 Å². The van der Waals surface area contributed by atoms with Gasteiger partial charge in [-0.15, -0.1) is 0 Å². The molecule has 1 N–H and O–H groups in total. The highest BCUT2D eigenvalue weighted by molar-refractivity contribution is 6.36. The van der Waals surface area contributed by atoms with Gasteiger partial charge in [0, 0.05) is 29.4 Å². The first-order chi connectivity index (χ1) is 13.3. The number of amides is 2. The van der Waals surface area contributed by atoms with Gasteiger partial charge >= 0.3 is 0 Å². The topological polar surface area (TPSA) is 92.6 Å². The summed E-state index contributed by atoms with van der Waals surface area (Å²) in [5.74, 6) is -0.859. The molecule has 0 radical (unpaired) electrons. The minimum absolute atomic E-state index is 0.0910. The lowest BCUT2D eigenvalue weighted by Gasteiger charge is -2.14. The van der Waals surface area contributed by atoms with Gasteiger partial charge in [0.2, 0.25) is 0 Å². The third kappa shape index (κ3) is 3.61. The lowest BCUT2D eigenvalue weighted by Crippen LogP contribution is -2.33. The van der Waals surface area contributed by atoms with Crippen LogP contribution in [0, 0.1) is 17.0 Å². The molecule has 1 aliphatic heterocycles. The Bertz CT molecular complexity index is 999. The zero-order chi connectivity index (χ0) is 20.4. The number of anilines is 1. The molecule has 0 bridgehead atoms. The van der Waals surface area contributed by atoms with Gasteiger partial charge in [0.15, 0.2) is 0 Å². The highest BCUT2D eigenvalue weighted by Crippen LogP contribution is 2.32. The highest BCUT2D eigenvalue weighted by Gasteiger charge is 2.38. The Labute approximate surface area is 166 Å². The molecule has 144 valence electrons. The van der Waals surface area contributed by atoms with E-state index in [1.165, 1.54) is 29.2 Å². The number of non-ortho nitro benzene ring substituents is 1. The van der Waals surface area contributed by atoms with Gasteiger partial charge in [-0.1, -0.05) is 24.6 Å². The average Bonchev–Trinajstić information content (AvgIpc) is 2.89. The van der Waals surface area contributed by atoms with Crippen LogP contribution in [-0.4, -0.2) is 28.2 Å². The molecule has 2 aromatic rings. The van der Waals surface area contributed by atoms with Gasteiger partial charge in [0.25, 0.3) is 17.5 Å². The van der Waals surface area contributed by atoms with Crippen molar-refractivity contribution in [3.63, 3.8) is 0 Å². The van der Waals surface area contributed by atoms with Gasteiger partial charge < -0.3 is 5.32 Å². The van der Waals surface area contributed by atoms with Crippen LogP contribution in [0.3, 0.4) is 0 Å². The van der Waals surface area contributed by atoms with Crippen molar-refractivity contribution in [3.05, 3.63) is 74.4 Å². The second-order valence-electron chi connectivity index (χ2n) is 6.40. The van der Waals surface area contributed by atoms with Crippen molar-refractivity contribution in [3.8, 4) is 0 Å². The predicted molar refractivity (Wildman–Crippen MR) is 107 cm³/mol. The first kappa shape index (κ1) is 19.6. The fraction of sp³-hybridized carbons (Fsp3) is 0.200. The molecule has 0 aliphatic carbocycles. The van der Waals surface area contributed by atoms with Crippen LogP contribution in [0.4, 0.5) is 11.4 Å². The van der Waals surface area contributed by atoms with Crippen LogP contribution in [0.2, 0.25) is 5.02 Å². The van der Waals surface area contributed by atoms with Gasteiger partial charge in [0.1, 0.15) is 5.70 Å². The van der Waals surface area contributed by atoms with Crippen LogP contribution in [-0.2, 0) is 9.59 Å². The van der Waals surface area contributed by atoms with Crippen molar-refractivity contribution in [2.75, 3.05) is 11.9 Å². The molecule has 28 heavy (non-hydrogen) atoms. The Morgan fingerprint density at radius 1 is 1.11 bits per heavy atom. The largest absolute Gasteiger partial charge is 0.350 e. The van der Waals surface area contributed by atoms with E-state index in [2.05, 4.69) is 5.32 Å². The number of nitrogens with one attached hydrogen (secondary N) is 1. The van der Waals surface area contributed by atoms with Crippen molar-refractivity contribution < 1.29 is 14.5 Å². The first-order valence-electron chi connectivity index (χ1n) is 8.72. The van der Waals surface area contributed by atoms with E-state index in [0.717, 1.165) is 5.56 Å². The fourth-order valence-corrected chi connectivity index (χ4v) is 3.17. The Balaban J connectivity index is 2.10. The van der Waals surface area contributed by atoms with E-state index in [1.54, 1.807) is 12.1 Å². The molecule has 0 fully saturated rings. The summed E-state index contributed by atoms with van der Waals surface area (Å²) in [6.07, 6.45) is 0.620. The summed E-state index contributed by atoms with van der Waals surface area (Å²) in [7, 11) is 0. The Morgan fingerprint density at radius 2 is 1.79 bits per heavy atom. The van der Waals surface area contributed by atoms with Crippen LogP contribution in [0.5, 0.6) is 0 Å². The van der Waals surface area contributed by atoms with E-state index in [-0.39, 0.29) is 23.5 Å². The van der Waals surface area contributed by atoms with Crippen LogP contribution in [0.25, 0.3) is 5.57 Å². The summed E-state index contributed by atoms with van der Waals surface area (Å²) in [5.41, 5.74) is 2.14. The number of rotatable bonds is 6. The second-order valence-corrected chi connectivity index (χ2v) is 6.84. The third-order valence-corrected chi connectivity index (χ3v) is 4.68.